The highest BCUT2D eigenvalue weighted by Gasteiger charge is 2.40. The maximum atomic E-state index is 15.0. The van der Waals surface area contributed by atoms with Crippen LogP contribution in [0.25, 0.3) is 0 Å². The molecule has 0 amide bonds. The smallest absolute Gasteiger partial charge is 0.162 e. The van der Waals surface area contributed by atoms with Gasteiger partial charge in [0.15, 0.2) is 5.78 Å². The molecular weight excluding hydrogens is 881 g/mol. The van der Waals surface area contributed by atoms with Crippen molar-refractivity contribution in [2.45, 2.75) is 272 Å². The number of hydrogen-bond donors (Lipinski definition) is 0. The van der Waals surface area contributed by atoms with E-state index in [-0.39, 0.29) is 27.6 Å². The van der Waals surface area contributed by atoms with Crippen LogP contribution in [0.15, 0.2) is 83.1 Å². The highest BCUT2D eigenvalue weighted by molar-refractivity contribution is 5.99. The summed E-state index contributed by atoms with van der Waals surface area (Å²) in [4.78, 5) is 15.0. The molecule has 2 fully saturated rings. The van der Waals surface area contributed by atoms with Gasteiger partial charge >= 0.3 is 0 Å². The molecule has 2 saturated carbocycles. The molecule has 416 valence electrons. The molecule has 0 radical (unpaired) electrons. The van der Waals surface area contributed by atoms with E-state index in [1.807, 2.05) is 0 Å². The molecule has 0 aromatic heterocycles. The van der Waals surface area contributed by atoms with Crippen LogP contribution in [-0.4, -0.2) is 5.78 Å². The molecule has 4 rings (SSSR count). The van der Waals surface area contributed by atoms with Gasteiger partial charge in [-0.2, -0.15) is 0 Å². The van der Waals surface area contributed by atoms with Crippen molar-refractivity contribution in [2.75, 3.05) is 0 Å². The quantitative estimate of drug-likeness (QED) is 0.0434. The summed E-state index contributed by atoms with van der Waals surface area (Å²) in [5.74, 6) is 7.66. The fraction of sp³-hybridized carbons (Fsp3) is 0.792. The first-order valence-corrected chi connectivity index (χ1v) is 31.2. The van der Waals surface area contributed by atoms with Gasteiger partial charge in [-0.3, -0.25) is 4.79 Å². The summed E-state index contributed by atoms with van der Waals surface area (Å²) in [5, 5.41) is 0. The van der Waals surface area contributed by atoms with Gasteiger partial charge in [0.2, 0.25) is 0 Å². The molecule has 73 heavy (non-hydrogen) atoms. The van der Waals surface area contributed by atoms with Crippen molar-refractivity contribution >= 4 is 5.78 Å². The minimum atomic E-state index is -0.164. The summed E-state index contributed by atoms with van der Waals surface area (Å²) >= 11 is 0. The molecular formula is C72H122O. The van der Waals surface area contributed by atoms with Crippen molar-refractivity contribution in [3.63, 3.8) is 0 Å². The molecule has 11 unspecified atom stereocenters. The summed E-state index contributed by atoms with van der Waals surface area (Å²) < 4.78 is 0. The third kappa shape index (κ3) is 17.9. The van der Waals surface area contributed by atoms with Gasteiger partial charge in [-0.1, -0.05) is 222 Å². The van der Waals surface area contributed by atoms with Crippen molar-refractivity contribution in [3.8, 4) is 0 Å². The molecule has 0 heterocycles. The van der Waals surface area contributed by atoms with E-state index in [2.05, 4.69) is 150 Å². The van der Waals surface area contributed by atoms with Crippen LogP contribution >= 0.6 is 0 Å². The minimum absolute atomic E-state index is 0.0831. The molecule has 0 aromatic rings. The Hall–Kier alpha value is -2.15. The number of hydrogen-bond acceptors (Lipinski definition) is 1. The zero-order chi connectivity index (χ0) is 54.8. The van der Waals surface area contributed by atoms with E-state index in [9.17, 15) is 0 Å². The Bertz CT molecular complexity index is 1940. The number of carbonyl (C=O) groups excluding carboxylic acids is 1. The van der Waals surface area contributed by atoms with Crippen LogP contribution in [0.1, 0.15) is 272 Å². The zero-order valence-electron chi connectivity index (χ0n) is 52.1. The van der Waals surface area contributed by atoms with Crippen LogP contribution in [0.5, 0.6) is 0 Å². The predicted octanol–water partition coefficient (Wildman–Crippen LogP) is 22.7. The molecule has 0 aromatic carbocycles. The Labute approximate surface area is 456 Å². The van der Waals surface area contributed by atoms with Gasteiger partial charge in [-0.15, -0.1) is 0 Å². The molecule has 0 spiro atoms. The van der Waals surface area contributed by atoms with Gasteiger partial charge in [0.1, 0.15) is 0 Å². The maximum Gasteiger partial charge on any atom is 0.162 e. The topological polar surface area (TPSA) is 17.1 Å². The third-order valence-electron chi connectivity index (χ3n) is 22.7. The first kappa shape index (κ1) is 63.4. The van der Waals surface area contributed by atoms with Crippen molar-refractivity contribution in [1.82, 2.24) is 0 Å². The van der Waals surface area contributed by atoms with Gasteiger partial charge in [0, 0.05) is 11.5 Å². The second kappa shape index (κ2) is 27.4. The van der Waals surface area contributed by atoms with E-state index in [1.165, 1.54) is 138 Å². The molecule has 0 aliphatic heterocycles. The second-order valence-electron chi connectivity index (χ2n) is 29.9. The van der Waals surface area contributed by atoms with Crippen molar-refractivity contribution in [3.05, 3.63) is 83.1 Å². The summed E-state index contributed by atoms with van der Waals surface area (Å²) in [7, 11) is 0. The first-order chi connectivity index (χ1) is 33.9. The predicted molar refractivity (Wildman–Crippen MR) is 325 cm³/mol. The van der Waals surface area contributed by atoms with E-state index < -0.39 is 0 Å². The van der Waals surface area contributed by atoms with Gasteiger partial charge in [-0.25, -0.2) is 0 Å². The fourth-order valence-electron chi connectivity index (χ4n) is 14.3. The highest BCUT2D eigenvalue weighted by atomic mass is 16.1. The van der Waals surface area contributed by atoms with Crippen molar-refractivity contribution < 1.29 is 4.79 Å². The number of fused-ring (bicyclic) bond motifs is 1. The zero-order valence-corrected chi connectivity index (χ0v) is 52.1. The summed E-state index contributed by atoms with van der Waals surface area (Å²) in [6, 6.07) is 0. The molecule has 1 nitrogen and oxygen atoms in total. The molecule has 0 saturated heterocycles. The lowest BCUT2D eigenvalue weighted by Gasteiger charge is -2.40. The van der Waals surface area contributed by atoms with Crippen LogP contribution < -0.4 is 0 Å². The van der Waals surface area contributed by atoms with E-state index in [0.29, 0.717) is 41.3 Å². The Morgan fingerprint density at radius 3 is 1.81 bits per heavy atom. The van der Waals surface area contributed by atoms with Crippen LogP contribution in [-0.2, 0) is 4.79 Å². The monoisotopic (exact) mass is 1000 g/mol. The minimum Gasteiger partial charge on any atom is -0.294 e. The van der Waals surface area contributed by atoms with Gasteiger partial charge in [-0.05, 0) is 214 Å². The Morgan fingerprint density at radius 2 is 1.22 bits per heavy atom. The normalized spacial score (nSPS) is 24.3. The third-order valence-corrected chi connectivity index (χ3v) is 22.7. The molecule has 1 heteroatoms. The van der Waals surface area contributed by atoms with Gasteiger partial charge in [0.25, 0.3) is 0 Å². The summed E-state index contributed by atoms with van der Waals surface area (Å²) in [6.07, 6.45) is 34.4. The summed E-state index contributed by atoms with van der Waals surface area (Å²) in [5.41, 5.74) is 10.8. The van der Waals surface area contributed by atoms with Crippen LogP contribution in [0.4, 0.5) is 0 Å². The Balaban J connectivity index is 1.40. The first-order valence-electron chi connectivity index (χ1n) is 31.2. The second-order valence-corrected chi connectivity index (χ2v) is 29.9. The van der Waals surface area contributed by atoms with Crippen LogP contribution in [0.2, 0.25) is 0 Å². The average molecular weight is 1000 g/mol. The molecule has 11 atom stereocenters. The number of carbonyl (C=O) groups is 1. The maximum absolute atomic E-state index is 15.0. The van der Waals surface area contributed by atoms with E-state index >= 15 is 4.79 Å². The van der Waals surface area contributed by atoms with Crippen LogP contribution in [0, 0.1) is 92.7 Å². The largest absolute Gasteiger partial charge is 0.294 e. The highest BCUT2D eigenvalue weighted by Crippen LogP contribution is 2.48. The number of rotatable bonds is 28. The molecule has 4 aliphatic carbocycles. The SMILES string of the molecule is C=C(C)C(C)CC(C)C(C)(C)CC(=C)C(CCC(C)C(C)(C)CCC(=C)C(C)CC(C)C(C)(C)C(C)C(=O)/C(CC1=CCC2CCCCC2C1)=C(\C)C(=C)C(C)(C)C)CC1=CCC(C(C)C2CCCCC2)CC1. The van der Waals surface area contributed by atoms with Crippen molar-refractivity contribution in [1.29, 1.82) is 0 Å². The van der Waals surface area contributed by atoms with E-state index in [1.54, 1.807) is 5.57 Å². The number of ketones is 1. The average Bonchev–Trinajstić information content (AvgIpc) is 3.34. The lowest BCUT2D eigenvalue weighted by atomic mass is 9.64. The number of allylic oxidation sites excluding steroid dienone is 10. The fourth-order valence-corrected chi connectivity index (χ4v) is 14.3. The van der Waals surface area contributed by atoms with Gasteiger partial charge in [0.05, 0.1) is 0 Å². The Kier molecular flexibility index (Phi) is 23.8. The lowest BCUT2D eigenvalue weighted by molar-refractivity contribution is -0.123. The van der Waals surface area contributed by atoms with E-state index in [4.69, 9.17) is 13.2 Å². The molecule has 0 bridgehead atoms. The van der Waals surface area contributed by atoms with Crippen LogP contribution in [0.3, 0.4) is 0 Å². The Morgan fingerprint density at radius 1 is 0.630 bits per heavy atom. The number of Topliss-reactive ketones (excluding diaryl/α,β-unsaturated/α-hetero) is 1. The lowest BCUT2D eigenvalue weighted by Crippen LogP contribution is -2.36. The molecule has 4 aliphatic rings. The standard InChI is InChI=1S/C72H122O/c1-48(2)50(4)42-54(8)71(19,20)47-52(6)65(44-60-33-37-63(38-34-60)57(11)62-28-24-23-25-29-62)36-32-53(7)70(17,18)41-40-49(3)51(5)43-55(9)72(21,22)59(13)68(73)67(56(10)58(12)69(14,15)16)46-61-35-39-64-30-26-27-31-66(64)45-61/h33,35,50-51,53-55,57,59,62-66H,1,3,6,12,23-32,34,36-47H2,2,4-5,7-11,13-22H3/b67-56+. The van der Waals surface area contributed by atoms with E-state index in [0.717, 1.165) is 78.4 Å². The molecule has 0 N–H and O–H groups in total. The summed E-state index contributed by atoms with van der Waals surface area (Å²) in [6.45, 7) is 61.6. The van der Waals surface area contributed by atoms with Crippen molar-refractivity contribution in [2.24, 2.45) is 92.7 Å². The van der Waals surface area contributed by atoms with Gasteiger partial charge < -0.3 is 0 Å².